The molecule has 0 aliphatic heterocycles. The Morgan fingerprint density at radius 3 is 2.26 bits per heavy atom. The number of carbonyl (C=O) groups is 1. The van der Waals surface area contributed by atoms with Crippen molar-refractivity contribution in [3.63, 3.8) is 0 Å². The van der Waals surface area contributed by atoms with E-state index in [0.29, 0.717) is 31.2 Å². The topological polar surface area (TPSA) is 46.5 Å². The van der Waals surface area contributed by atoms with Crippen molar-refractivity contribution in [2.24, 2.45) is 5.92 Å². The van der Waals surface area contributed by atoms with Crippen LogP contribution in [0.4, 0.5) is 8.78 Å². The number of rotatable bonds is 4. The van der Waals surface area contributed by atoms with Gasteiger partial charge in [0.2, 0.25) is 0 Å². The fourth-order valence-corrected chi connectivity index (χ4v) is 2.38. The molecule has 1 fully saturated rings. The summed E-state index contributed by atoms with van der Waals surface area (Å²) in [4.78, 5) is 10.8. The van der Waals surface area contributed by atoms with Crippen molar-refractivity contribution in [3.8, 4) is 0 Å². The van der Waals surface area contributed by atoms with Crippen LogP contribution >= 0.6 is 0 Å². The van der Waals surface area contributed by atoms with Gasteiger partial charge in [0.15, 0.2) is 0 Å². The van der Waals surface area contributed by atoms with Crippen molar-refractivity contribution in [1.82, 2.24) is 0 Å². The van der Waals surface area contributed by atoms with Gasteiger partial charge in [-0.25, -0.2) is 8.78 Å². The molecule has 0 radical (unpaired) electrons. The van der Waals surface area contributed by atoms with Gasteiger partial charge in [0.25, 0.3) is 0 Å². The lowest BCUT2D eigenvalue weighted by atomic mass is 9.87. The van der Waals surface area contributed by atoms with Gasteiger partial charge in [-0.3, -0.25) is 4.79 Å². The summed E-state index contributed by atoms with van der Waals surface area (Å²) in [7, 11) is 0. The second-order valence-electron chi connectivity index (χ2n) is 4.90. The largest absolute Gasteiger partial charge is 0.481 e. The first-order valence-electron chi connectivity index (χ1n) is 6.34. The number of benzene rings is 1. The van der Waals surface area contributed by atoms with E-state index in [9.17, 15) is 13.6 Å². The fraction of sp³-hybridized carbons (Fsp3) is 0.500. The molecule has 2 rings (SSSR count). The van der Waals surface area contributed by atoms with Gasteiger partial charge in [-0.15, -0.1) is 0 Å². The zero-order valence-electron chi connectivity index (χ0n) is 10.4. The third kappa shape index (κ3) is 3.99. The second kappa shape index (κ2) is 6.10. The third-order valence-corrected chi connectivity index (χ3v) is 3.43. The van der Waals surface area contributed by atoms with Crippen LogP contribution in [-0.2, 0) is 16.1 Å². The van der Waals surface area contributed by atoms with Gasteiger partial charge in [0, 0.05) is 6.07 Å². The molecule has 0 spiro atoms. The van der Waals surface area contributed by atoms with Crippen molar-refractivity contribution in [1.29, 1.82) is 0 Å². The summed E-state index contributed by atoms with van der Waals surface area (Å²) in [6.07, 6.45) is 2.51. The van der Waals surface area contributed by atoms with E-state index >= 15 is 0 Å². The first-order chi connectivity index (χ1) is 9.04. The highest BCUT2D eigenvalue weighted by atomic mass is 19.1. The average molecular weight is 270 g/mol. The Balaban J connectivity index is 1.82. The highest BCUT2D eigenvalue weighted by molar-refractivity contribution is 5.70. The molecule has 0 aromatic heterocycles. The Morgan fingerprint density at radius 1 is 1.16 bits per heavy atom. The van der Waals surface area contributed by atoms with Crippen LogP contribution in [0.3, 0.4) is 0 Å². The molecule has 0 bridgehead atoms. The molecular formula is C14H16F2O3. The number of aliphatic carboxylic acids is 1. The fourth-order valence-electron chi connectivity index (χ4n) is 2.38. The zero-order chi connectivity index (χ0) is 13.8. The van der Waals surface area contributed by atoms with Crippen LogP contribution < -0.4 is 0 Å². The summed E-state index contributed by atoms with van der Waals surface area (Å²) in [5.41, 5.74) is 0.456. The molecule has 1 aromatic rings. The summed E-state index contributed by atoms with van der Waals surface area (Å²) in [6, 6.07) is 3.31. The van der Waals surface area contributed by atoms with E-state index in [0.717, 1.165) is 6.07 Å². The summed E-state index contributed by atoms with van der Waals surface area (Å²) in [5, 5.41) is 8.87. The van der Waals surface area contributed by atoms with Gasteiger partial charge in [-0.2, -0.15) is 0 Å². The highest BCUT2D eigenvalue weighted by Crippen LogP contribution is 2.27. The first kappa shape index (κ1) is 13.9. The van der Waals surface area contributed by atoms with E-state index < -0.39 is 17.6 Å². The van der Waals surface area contributed by atoms with Crippen molar-refractivity contribution >= 4 is 5.97 Å². The van der Waals surface area contributed by atoms with Crippen LogP contribution in [0.15, 0.2) is 18.2 Å². The molecule has 5 heteroatoms. The van der Waals surface area contributed by atoms with Crippen LogP contribution in [0.1, 0.15) is 31.2 Å². The lowest BCUT2D eigenvalue weighted by molar-refractivity contribution is -0.143. The Hall–Kier alpha value is -1.49. The minimum Gasteiger partial charge on any atom is -0.481 e. The van der Waals surface area contributed by atoms with Crippen LogP contribution in [0.25, 0.3) is 0 Å². The van der Waals surface area contributed by atoms with Crippen LogP contribution in [0.5, 0.6) is 0 Å². The number of carboxylic acids is 1. The van der Waals surface area contributed by atoms with Gasteiger partial charge >= 0.3 is 5.97 Å². The maximum absolute atomic E-state index is 13.0. The minimum atomic E-state index is -0.759. The maximum Gasteiger partial charge on any atom is 0.306 e. The molecule has 104 valence electrons. The molecule has 0 heterocycles. The van der Waals surface area contributed by atoms with E-state index in [1.165, 1.54) is 12.1 Å². The molecule has 0 amide bonds. The summed E-state index contributed by atoms with van der Waals surface area (Å²) < 4.78 is 31.5. The SMILES string of the molecule is O=C(O)[C@H]1CC[C@H](OCc2cc(F)cc(F)c2)CC1. The van der Waals surface area contributed by atoms with Crippen LogP contribution in [0.2, 0.25) is 0 Å². The number of halogens is 2. The normalized spacial score (nSPS) is 23.3. The molecule has 1 aliphatic carbocycles. The lowest BCUT2D eigenvalue weighted by Gasteiger charge is -2.26. The number of ether oxygens (including phenoxy) is 1. The standard InChI is InChI=1S/C14H16F2O3/c15-11-5-9(6-12(16)7-11)8-19-13-3-1-10(2-4-13)14(17)18/h5-7,10,13H,1-4,8H2,(H,17,18)/t10-,13-. The molecular weight excluding hydrogens is 254 g/mol. The van der Waals surface area contributed by atoms with Crippen molar-refractivity contribution in [2.75, 3.05) is 0 Å². The van der Waals surface area contributed by atoms with Crippen LogP contribution in [0, 0.1) is 17.6 Å². The molecule has 1 N–H and O–H groups in total. The second-order valence-corrected chi connectivity index (χ2v) is 4.90. The van der Waals surface area contributed by atoms with Gasteiger partial charge in [-0.1, -0.05) is 0 Å². The number of hydrogen-bond donors (Lipinski definition) is 1. The van der Waals surface area contributed by atoms with Crippen molar-refractivity contribution < 1.29 is 23.4 Å². The monoisotopic (exact) mass is 270 g/mol. The Labute approximate surface area is 110 Å². The highest BCUT2D eigenvalue weighted by Gasteiger charge is 2.26. The molecule has 1 aromatic carbocycles. The molecule has 0 saturated heterocycles. The number of hydrogen-bond acceptors (Lipinski definition) is 2. The molecule has 3 nitrogen and oxygen atoms in total. The van der Waals surface area contributed by atoms with E-state index in [2.05, 4.69) is 0 Å². The van der Waals surface area contributed by atoms with Crippen molar-refractivity contribution in [2.45, 2.75) is 38.4 Å². The summed E-state index contributed by atoms with van der Waals surface area (Å²) in [6.45, 7) is 0.150. The van der Waals surface area contributed by atoms with E-state index in [1.807, 2.05) is 0 Å². The smallest absolute Gasteiger partial charge is 0.306 e. The van der Waals surface area contributed by atoms with Gasteiger partial charge in [-0.05, 0) is 43.4 Å². The zero-order valence-corrected chi connectivity index (χ0v) is 10.4. The summed E-state index contributed by atoms with van der Waals surface area (Å²) in [5.74, 6) is -2.28. The van der Waals surface area contributed by atoms with Crippen molar-refractivity contribution in [3.05, 3.63) is 35.4 Å². The van der Waals surface area contributed by atoms with Gasteiger partial charge in [0.05, 0.1) is 18.6 Å². The molecule has 0 unspecified atom stereocenters. The minimum absolute atomic E-state index is 0.0260. The quantitative estimate of drug-likeness (QED) is 0.914. The molecule has 19 heavy (non-hydrogen) atoms. The third-order valence-electron chi connectivity index (χ3n) is 3.43. The van der Waals surface area contributed by atoms with Gasteiger partial charge < -0.3 is 9.84 Å². The van der Waals surface area contributed by atoms with E-state index in [4.69, 9.17) is 9.84 Å². The Bertz CT molecular complexity index is 434. The van der Waals surface area contributed by atoms with E-state index in [-0.39, 0.29) is 18.6 Å². The van der Waals surface area contributed by atoms with Crippen LogP contribution in [-0.4, -0.2) is 17.2 Å². The Morgan fingerprint density at radius 2 is 1.74 bits per heavy atom. The molecule has 1 saturated carbocycles. The Kier molecular flexibility index (Phi) is 4.47. The number of carboxylic acid groups (broad SMARTS) is 1. The molecule has 1 aliphatic rings. The first-order valence-corrected chi connectivity index (χ1v) is 6.34. The average Bonchev–Trinajstić information content (AvgIpc) is 2.36. The molecule has 0 atom stereocenters. The predicted molar refractivity (Wildman–Crippen MR) is 64.5 cm³/mol. The summed E-state index contributed by atoms with van der Waals surface area (Å²) >= 11 is 0. The van der Waals surface area contributed by atoms with Gasteiger partial charge in [0.1, 0.15) is 11.6 Å². The lowest BCUT2D eigenvalue weighted by Crippen LogP contribution is -2.25. The predicted octanol–water partition coefficient (Wildman–Crippen LogP) is 3.12. The maximum atomic E-state index is 13.0. The van der Waals surface area contributed by atoms with E-state index in [1.54, 1.807) is 0 Å².